The van der Waals surface area contributed by atoms with Crippen LogP contribution in [0.5, 0.6) is 0 Å². The van der Waals surface area contributed by atoms with Crippen LogP contribution in [0.4, 0.5) is 10.1 Å². The second kappa shape index (κ2) is 7.48. The van der Waals surface area contributed by atoms with Crippen molar-refractivity contribution in [3.8, 4) is 0 Å². The van der Waals surface area contributed by atoms with Gasteiger partial charge in [-0.05, 0) is 20.0 Å². The summed E-state index contributed by atoms with van der Waals surface area (Å²) < 4.78 is 39.4. The van der Waals surface area contributed by atoms with Gasteiger partial charge >= 0.3 is 0 Å². The largest absolute Gasteiger partial charge is 0.318 e. The normalized spacial score (nSPS) is 10.9. The minimum atomic E-state index is -3.96. The molecule has 0 aromatic heterocycles. The third-order valence-electron chi connectivity index (χ3n) is 2.46. The monoisotopic (exact) mass is 327 g/mol. The number of halogens is 2. The molecule has 0 unspecified atom stereocenters. The van der Waals surface area contributed by atoms with Crippen molar-refractivity contribution < 1.29 is 17.7 Å². The smallest absolute Gasteiger partial charge is 0.276 e. The van der Waals surface area contributed by atoms with Gasteiger partial charge in [0.25, 0.3) is 5.69 Å². The minimum absolute atomic E-state index is 0. The fraction of sp³-hybridized carbons (Fsp3) is 0.400. The summed E-state index contributed by atoms with van der Waals surface area (Å²) >= 11 is 0. The van der Waals surface area contributed by atoms with E-state index in [9.17, 15) is 22.9 Å². The third kappa shape index (κ3) is 4.37. The number of sulfonamides is 1. The summed E-state index contributed by atoms with van der Waals surface area (Å²) in [6.07, 6.45) is 0. The highest BCUT2D eigenvalue weighted by molar-refractivity contribution is 7.89. The quantitative estimate of drug-likeness (QED) is 0.460. The molecule has 0 fully saturated rings. The van der Waals surface area contributed by atoms with Crippen LogP contribution in [0.1, 0.15) is 5.56 Å². The molecule has 2 N–H and O–H groups in total. The zero-order chi connectivity index (χ0) is 14.6. The molecule has 1 aromatic carbocycles. The second-order valence-corrected chi connectivity index (χ2v) is 5.57. The second-order valence-electron chi connectivity index (χ2n) is 3.81. The van der Waals surface area contributed by atoms with Gasteiger partial charge in [-0.2, -0.15) is 0 Å². The Bertz CT molecular complexity index is 594. The number of likely N-dealkylation sites (N-methyl/N-ethyl adjacent to an activating group) is 1. The maximum atomic E-state index is 13.5. The SMILES string of the molecule is CNCCNS(=O)(=O)c1cc(F)c(C)c([N+](=O)[O-])c1.Cl. The Morgan fingerprint density at radius 2 is 1.95 bits per heavy atom. The van der Waals surface area contributed by atoms with Crippen LogP contribution in [0, 0.1) is 22.9 Å². The first kappa shape index (κ1) is 18.7. The molecule has 0 radical (unpaired) electrons. The Labute approximate surface area is 122 Å². The molecule has 0 saturated heterocycles. The maximum Gasteiger partial charge on any atom is 0.276 e. The average molecular weight is 328 g/mol. The summed E-state index contributed by atoms with van der Waals surface area (Å²) in [5.41, 5.74) is -0.756. The highest BCUT2D eigenvalue weighted by atomic mass is 35.5. The Morgan fingerprint density at radius 1 is 1.35 bits per heavy atom. The molecule has 0 spiro atoms. The van der Waals surface area contributed by atoms with E-state index in [2.05, 4.69) is 10.0 Å². The van der Waals surface area contributed by atoms with E-state index in [0.717, 1.165) is 12.1 Å². The van der Waals surface area contributed by atoms with Crippen molar-refractivity contribution in [1.29, 1.82) is 0 Å². The summed E-state index contributed by atoms with van der Waals surface area (Å²) in [6, 6.07) is 1.62. The van der Waals surface area contributed by atoms with Crippen LogP contribution in [-0.4, -0.2) is 33.5 Å². The predicted octanol–water partition coefficient (Wildman–Crippen LogP) is 0.962. The Hall–Kier alpha value is -1.29. The number of benzene rings is 1. The number of nitro benzene ring substituents is 1. The molecule has 0 amide bonds. The Morgan fingerprint density at radius 3 is 2.45 bits per heavy atom. The predicted molar refractivity (Wildman–Crippen MR) is 74.2 cm³/mol. The summed E-state index contributed by atoms with van der Waals surface area (Å²) in [5.74, 6) is -0.928. The first-order valence-electron chi connectivity index (χ1n) is 5.38. The molecule has 10 heteroatoms. The lowest BCUT2D eigenvalue weighted by molar-refractivity contribution is -0.385. The number of hydrogen-bond donors (Lipinski definition) is 2. The molecular weight excluding hydrogens is 313 g/mol. The van der Waals surface area contributed by atoms with Crippen molar-refractivity contribution in [3.05, 3.63) is 33.6 Å². The lowest BCUT2D eigenvalue weighted by Crippen LogP contribution is -2.30. The highest BCUT2D eigenvalue weighted by Gasteiger charge is 2.22. The standard InChI is InChI=1S/C10H14FN3O4S.ClH/c1-7-9(11)5-8(6-10(7)14(15)16)19(17,18)13-4-3-12-2;/h5-6,12-13H,3-4H2,1-2H3;1H. The van der Waals surface area contributed by atoms with Gasteiger partial charge in [-0.25, -0.2) is 17.5 Å². The molecule has 1 rings (SSSR count). The fourth-order valence-electron chi connectivity index (χ4n) is 1.38. The minimum Gasteiger partial charge on any atom is -0.318 e. The lowest BCUT2D eigenvalue weighted by atomic mass is 10.2. The summed E-state index contributed by atoms with van der Waals surface area (Å²) in [6.45, 7) is 1.70. The van der Waals surface area contributed by atoms with Gasteiger partial charge in [-0.1, -0.05) is 0 Å². The number of nitro groups is 1. The van der Waals surface area contributed by atoms with Crippen molar-refractivity contribution in [1.82, 2.24) is 10.0 Å². The zero-order valence-electron chi connectivity index (χ0n) is 10.8. The molecule has 0 aliphatic carbocycles. The van der Waals surface area contributed by atoms with Crippen LogP contribution in [0.15, 0.2) is 17.0 Å². The van der Waals surface area contributed by atoms with Gasteiger partial charge in [0.15, 0.2) is 0 Å². The van der Waals surface area contributed by atoms with E-state index in [1.54, 1.807) is 7.05 Å². The molecule has 114 valence electrons. The maximum absolute atomic E-state index is 13.5. The number of nitrogens with one attached hydrogen (secondary N) is 2. The van der Waals surface area contributed by atoms with Crippen LogP contribution in [0.2, 0.25) is 0 Å². The van der Waals surface area contributed by atoms with E-state index in [4.69, 9.17) is 0 Å². The van der Waals surface area contributed by atoms with Gasteiger partial charge in [0.1, 0.15) is 5.82 Å². The molecular formula is C10H15ClFN3O4S. The first-order chi connectivity index (χ1) is 8.79. The van der Waals surface area contributed by atoms with Gasteiger partial charge < -0.3 is 5.32 Å². The number of rotatable bonds is 6. The Kier molecular flexibility index (Phi) is 7.00. The van der Waals surface area contributed by atoms with Crippen LogP contribution in [-0.2, 0) is 10.0 Å². The summed E-state index contributed by atoms with van der Waals surface area (Å²) in [5, 5.41) is 13.5. The molecule has 20 heavy (non-hydrogen) atoms. The molecule has 1 aromatic rings. The number of nitrogens with zero attached hydrogens (tertiary/aromatic N) is 1. The van der Waals surface area contributed by atoms with Gasteiger partial charge in [0, 0.05) is 19.2 Å². The van der Waals surface area contributed by atoms with Gasteiger partial charge in [0.2, 0.25) is 10.0 Å². The zero-order valence-corrected chi connectivity index (χ0v) is 12.5. The summed E-state index contributed by atoms with van der Waals surface area (Å²) in [4.78, 5) is 9.45. The van der Waals surface area contributed by atoms with Crippen LogP contribution >= 0.6 is 12.4 Å². The van der Waals surface area contributed by atoms with E-state index >= 15 is 0 Å². The van der Waals surface area contributed by atoms with E-state index < -0.39 is 31.3 Å². The average Bonchev–Trinajstić information content (AvgIpc) is 2.32. The fourth-order valence-corrected chi connectivity index (χ4v) is 2.44. The molecule has 0 aliphatic heterocycles. The molecule has 7 nitrogen and oxygen atoms in total. The highest BCUT2D eigenvalue weighted by Crippen LogP contribution is 2.25. The van der Waals surface area contributed by atoms with Crippen molar-refractivity contribution in [3.63, 3.8) is 0 Å². The first-order valence-corrected chi connectivity index (χ1v) is 6.86. The van der Waals surface area contributed by atoms with Gasteiger partial charge in [-0.3, -0.25) is 10.1 Å². The van der Waals surface area contributed by atoms with Crippen molar-refractivity contribution >= 4 is 28.1 Å². The van der Waals surface area contributed by atoms with E-state index in [1.165, 1.54) is 6.92 Å². The van der Waals surface area contributed by atoms with Crippen molar-refractivity contribution in [2.45, 2.75) is 11.8 Å². The van der Waals surface area contributed by atoms with E-state index in [1.807, 2.05) is 0 Å². The molecule has 0 atom stereocenters. The molecule has 0 aliphatic rings. The number of hydrogen-bond acceptors (Lipinski definition) is 5. The van der Waals surface area contributed by atoms with E-state index in [-0.39, 0.29) is 24.5 Å². The van der Waals surface area contributed by atoms with E-state index in [0.29, 0.717) is 6.54 Å². The molecule has 0 heterocycles. The summed E-state index contributed by atoms with van der Waals surface area (Å²) in [7, 11) is -2.32. The van der Waals surface area contributed by atoms with Crippen molar-refractivity contribution in [2.75, 3.05) is 20.1 Å². The lowest BCUT2D eigenvalue weighted by Gasteiger charge is -2.08. The Balaban J connectivity index is 0.00000361. The van der Waals surface area contributed by atoms with Crippen molar-refractivity contribution in [2.24, 2.45) is 0 Å². The van der Waals surface area contributed by atoms with Crippen LogP contribution in [0.3, 0.4) is 0 Å². The van der Waals surface area contributed by atoms with Gasteiger partial charge in [-0.15, -0.1) is 12.4 Å². The topological polar surface area (TPSA) is 101 Å². The van der Waals surface area contributed by atoms with Crippen LogP contribution in [0.25, 0.3) is 0 Å². The van der Waals surface area contributed by atoms with Crippen LogP contribution < -0.4 is 10.0 Å². The molecule has 0 saturated carbocycles. The third-order valence-corrected chi connectivity index (χ3v) is 3.90. The van der Waals surface area contributed by atoms with Gasteiger partial charge in [0.05, 0.1) is 15.4 Å². The molecule has 0 bridgehead atoms.